The van der Waals surface area contributed by atoms with Crippen molar-refractivity contribution in [2.45, 2.75) is 6.54 Å². The maximum absolute atomic E-state index is 11.9. The minimum absolute atomic E-state index is 0.0481. The molecule has 5 nitrogen and oxygen atoms in total. The Morgan fingerprint density at radius 3 is 2.78 bits per heavy atom. The lowest BCUT2D eigenvalue weighted by Crippen LogP contribution is -2.26. The summed E-state index contributed by atoms with van der Waals surface area (Å²) in [4.78, 5) is 21.2. The standard InChI is InChI=1S/C16H13Cl2N3O2/c1-23-20-14(22)9-21-13-8-3-2-7-12(13)19-16(21)10-5-4-6-11(17)15(10)18/h2-8H,9H2,1H3,(H,20,22). The Bertz CT molecular complexity index is 877. The molecule has 0 atom stereocenters. The number of hydrogen-bond acceptors (Lipinski definition) is 3. The van der Waals surface area contributed by atoms with Crippen molar-refractivity contribution in [2.24, 2.45) is 0 Å². The number of hydroxylamine groups is 1. The van der Waals surface area contributed by atoms with Gasteiger partial charge in [-0.1, -0.05) is 41.4 Å². The quantitative estimate of drug-likeness (QED) is 0.730. The van der Waals surface area contributed by atoms with Gasteiger partial charge >= 0.3 is 0 Å². The molecule has 0 saturated carbocycles. The number of nitrogens with one attached hydrogen (secondary N) is 1. The van der Waals surface area contributed by atoms with E-state index in [-0.39, 0.29) is 12.5 Å². The fourth-order valence-corrected chi connectivity index (χ4v) is 2.79. The summed E-state index contributed by atoms with van der Waals surface area (Å²) in [5.41, 5.74) is 4.57. The van der Waals surface area contributed by atoms with E-state index in [0.717, 1.165) is 11.0 Å². The van der Waals surface area contributed by atoms with Gasteiger partial charge in [-0.05, 0) is 24.3 Å². The molecule has 0 bridgehead atoms. The van der Waals surface area contributed by atoms with E-state index in [1.807, 2.05) is 30.3 Å². The van der Waals surface area contributed by atoms with Crippen molar-refractivity contribution in [1.82, 2.24) is 15.0 Å². The van der Waals surface area contributed by atoms with Crippen molar-refractivity contribution in [3.8, 4) is 11.4 Å². The molecule has 118 valence electrons. The van der Waals surface area contributed by atoms with Crippen LogP contribution in [0.5, 0.6) is 0 Å². The van der Waals surface area contributed by atoms with Crippen LogP contribution < -0.4 is 5.48 Å². The van der Waals surface area contributed by atoms with Gasteiger partial charge in [-0.3, -0.25) is 9.63 Å². The second-order valence-electron chi connectivity index (χ2n) is 4.84. The molecule has 2 aromatic carbocycles. The molecule has 1 aromatic heterocycles. The van der Waals surface area contributed by atoms with Gasteiger partial charge in [0.05, 0.1) is 28.2 Å². The highest BCUT2D eigenvalue weighted by Crippen LogP contribution is 2.34. The van der Waals surface area contributed by atoms with Gasteiger partial charge in [-0.2, -0.15) is 0 Å². The third-order valence-corrected chi connectivity index (χ3v) is 4.18. The van der Waals surface area contributed by atoms with Gasteiger partial charge in [0.15, 0.2) is 0 Å². The average Bonchev–Trinajstić information content (AvgIpc) is 2.89. The molecule has 7 heteroatoms. The Hall–Kier alpha value is -2.08. The number of para-hydroxylation sites is 2. The van der Waals surface area contributed by atoms with Gasteiger partial charge in [-0.25, -0.2) is 10.5 Å². The molecule has 0 radical (unpaired) electrons. The van der Waals surface area contributed by atoms with Crippen LogP contribution in [0.2, 0.25) is 10.0 Å². The van der Waals surface area contributed by atoms with Crippen LogP contribution in [0.15, 0.2) is 42.5 Å². The molecule has 0 aliphatic carbocycles. The second-order valence-corrected chi connectivity index (χ2v) is 5.63. The Labute approximate surface area is 142 Å². The van der Waals surface area contributed by atoms with E-state index in [9.17, 15) is 4.79 Å². The summed E-state index contributed by atoms with van der Waals surface area (Å²) in [6.45, 7) is 0.0481. The van der Waals surface area contributed by atoms with Gasteiger partial charge in [0.1, 0.15) is 12.4 Å². The normalized spacial score (nSPS) is 10.9. The largest absolute Gasteiger partial charge is 0.314 e. The molecule has 23 heavy (non-hydrogen) atoms. The summed E-state index contributed by atoms with van der Waals surface area (Å²) < 4.78 is 1.78. The smallest absolute Gasteiger partial charge is 0.263 e. The first-order valence-corrected chi connectivity index (χ1v) is 7.59. The zero-order valence-corrected chi connectivity index (χ0v) is 13.7. The molecule has 0 aliphatic heterocycles. The molecule has 0 aliphatic rings. The first-order chi connectivity index (χ1) is 11.1. The van der Waals surface area contributed by atoms with Crippen molar-refractivity contribution in [2.75, 3.05) is 7.11 Å². The maximum atomic E-state index is 11.9. The van der Waals surface area contributed by atoms with E-state index < -0.39 is 0 Å². The highest BCUT2D eigenvalue weighted by atomic mass is 35.5. The van der Waals surface area contributed by atoms with Crippen LogP contribution in [0.4, 0.5) is 0 Å². The number of fused-ring (bicyclic) bond motifs is 1. The van der Waals surface area contributed by atoms with E-state index in [0.29, 0.717) is 21.4 Å². The summed E-state index contributed by atoms with van der Waals surface area (Å²) in [7, 11) is 1.39. The summed E-state index contributed by atoms with van der Waals surface area (Å²) >= 11 is 12.4. The van der Waals surface area contributed by atoms with Crippen molar-refractivity contribution in [3.63, 3.8) is 0 Å². The lowest BCUT2D eigenvalue weighted by molar-refractivity contribution is -0.131. The molecular weight excluding hydrogens is 337 g/mol. The SMILES string of the molecule is CONC(=O)Cn1c(-c2cccc(Cl)c2Cl)nc2ccccc21. The van der Waals surface area contributed by atoms with Crippen molar-refractivity contribution in [3.05, 3.63) is 52.5 Å². The Morgan fingerprint density at radius 1 is 1.22 bits per heavy atom. The van der Waals surface area contributed by atoms with Crippen LogP contribution in [-0.2, 0) is 16.2 Å². The molecule has 1 heterocycles. The van der Waals surface area contributed by atoms with E-state index in [1.54, 1.807) is 16.7 Å². The third-order valence-electron chi connectivity index (χ3n) is 3.36. The predicted octanol–water partition coefficient (Wildman–Crippen LogP) is 3.69. The number of nitrogens with zero attached hydrogens (tertiary/aromatic N) is 2. The predicted molar refractivity (Wildman–Crippen MR) is 90.3 cm³/mol. The number of amides is 1. The van der Waals surface area contributed by atoms with Gasteiger partial charge < -0.3 is 4.57 Å². The third kappa shape index (κ3) is 3.03. The Morgan fingerprint density at radius 2 is 2.00 bits per heavy atom. The number of rotatable bonds is 4. The maximum Gasteiger partial charge on any atom is 0.263 e. The van der Waals surface area contributed by atoms with Gasteiger partial charge in [0.2, 0.25) is 0 Å². The van der Waals surface area contributed by atoms with Crippen molar-refractivity contribution >= 4 is 40.1 Å². The van der Waals surface area contributed by atoms with Crippen LogP contribution in [0, 0.1) is 0 Å². The van der Waals surface area contributed by atoms with E-state index in [4.69, 9.17) is 23.2 Å². The van der Waals surface area contributed by atoms with Crippen molar-refractivity contribution in [1.29, 1.82) is 0 Å². The zero-order chi connectivity index (χ0) is 16.4. The highest BCUT2D eigenvalue weighted by Gasteiger charge is 2.18. The van der Waals surface area contributed by atoms with Gasteiger partial charge in [0.25, 0.3) is 5.91 Å². The molecule has 0 saturated heterocycles. The topological polar surface area (TPSA) is 56.1 Å². The average molecular weight is 350 g/mol. The molecule has 0 unspecified atom stereocenters. The lowest BCUT2D eigenvalue weighted by Gasteiger charge is -2.10. The van der Waals surface area contributed by atoms with E-state index in [2.05, 4.69) is 15.3 Å². The Kier molecular flexibility index (Phi) is 4.52. The Balaban J connectivity index is 2.19. The molecule has 0 fully saturated rings. The fourth-order valence-electron chi connectivity index (χ4n) is 2.41. The molecule has 3 aromatic rings. The van der Waals surface area contributed by atoms with Crippen LogP contribution in [0.25, 0.3) is 22.4 Å². The molecule has 1 N–H and O–H groups in total. The summed E-state index contributed by atoms with van der Waals surface area (Å²) in [6, 6.07) is 12.9. The number of halogens is 2. The first kappa shape index (κ1) is 15.8. The second kappa shape index (κ2) is 6.58. The first-order valence-electron chi connectivity index (χ1n) is 6.83. The van der Waals surface area contributed by atoms with Crippen LogP contribution in [0.1, 0.15) is 0 Å². The molecule has 1 amide bonds. The summed E-state index contributed by atoms with van der Waals surface area (Å²) in [5.74, 6) is 0.278. The fraction of sp³-hybridized carbons (Fsp3) is 0.125. The van der Waals surface area contributed by atoms with E-state index >= 15 is 0 Å². The molecular formula is C16H13Cl2N3O2. The molecule has 3 rings (SSSR count). The number of carbonyl (C=O) groups excluding carboxylic acids is 1. The zero-order valence-electron chi connectivity index (χ0n) is 12.2. The number of carbonyl (C=O) groups is 1. The minimum Gasteiger partial charge on any atom is -0.314 e. The lowest BCUT2D eigenvalue weighted by atomic mass is 10.2. The number of aromatic nitrogens is 2. The number of hydrogen-bond donors (Lipinski definition) is 1. The number of imidazole rings is 1. The summed E-state index contributed by atoms with van der Waals surface area (Å²) in [6.07, 6.45) is 0. The van der Waals surface area contributed by atoms with Crippen molar-refractivity contribution < 1.29 is 9.63 Å². The summed E-state index contributed by atoms with van der Waals surface area (Å²) in [5, 5.41) is 0.835. The number of benzene rings is 2. The van der Waals surface area contributed by atoms with Gasteiger partial charge in [-0.15, -0.1) is 0 Å². The minimum atomic E-state index is -0.296. The molecule has 0 spiro atoms. The van der Waals surface area contributed by atoms with Crippen LogP contribution >= 0.6 is 23.2 Å². The highest BCUT2D eigenvalue weighted by molar-refractivity contribution is 6.43. The monoisotopic (exact) mass is 349 g/mol. The van der Waals surface area contributed by atoms with Gasteiger partial charge in [0, 0.05) is 5.56 Å². The van der Waals surface area contributed by atoms with Crippen LogP contribution in [0.3, 0.4) is 0 Å². The van der Waals surface area contributed by atoms with E-state index in [1.165, 1.54) is 7.11 Å². The van der Waals surface area contributed by atoms with Crippen LogP contribution in [-0.4, -0.2) is 22.6 Å².